The van der Waals surface area contributed by atoms with Gasteiger partial charge in [-0.25, -0.2) is 4.98 Å². The summed E-state index contributed by atoms with van der Waals surface area (Å²) in [6.07, 6.45) is 2.43. The highest BCUT2D eigenvalue weighted by molar-refractivity contribution is 7.09. The van der Waals surface area contributed by atoms with E-state index in [9.17, 15) is 9.90 Å². The van der Waals surface area contributed by atoms with Crippen LogP contribution in [0.1, 0.15) is 28.6 Å². The summed E-state index contributed by atoms with van der Waals surface area (Å²) in [7, 11) is 0. The number of nitrogens with one attached hydrogen (secondary N) is 1. The molecule has 0 spiro atoms. The number of nitrogens with zero attached hydrogens (tertiary/aromatic N) is 3. The summed E-state index contributed by atoms with van der Waals surface area (Å²) in [4.78, 5) is 22.5. The smallest absolute Gasteiger partial charge is 0.251 e. The Morgan fingerprint density at radius 3 is 3.04 bits per heavy atom. The van der Waals surface area contributed by atoms with Crippen molar-refractivity contribution in [3.05, 3.63) is 46.3 Å². The zero-order valence-corrected chi connectivity index (χ0v) is 15.9. The molecule has 2 N–H and O–H groups in total. The molecule has 1 aliphatic heterocycles. The number of carbonyl (C=O) groups is 1. The highest BCUT2D eigenvalue weighted by Crippen LogP contribution is 2.22. The van der Waals surface area contributed by atoms with Crippen molar-refractivity contribution in [2.75, 3.05) is 37.7 Å². The Morgan fingerprint density at radius 2 is 2.31 bits per heavy atom. The van der Waals surface area contributed by atoms with Crippen molar-refractivity contribution >= 4 is 23.1 Å². The van der Waals surface area contributed by atoms with Crippen LogP contribution in [0.2, 0.25) is 0 Å². The Hall–Kier alpha value is -1.96. The van der Waals surface area contributed by atoms with E-state index < -0.39 is 0 Å². The minimum absolute atomic E-state index is 0.0700. The molecule has 0 bridgehead atoms. The number of carbonyl (C=O) groups excluding carboxylic acids is 1. The quantitative estimate of drug-likeness (QED) is 0.775. The lowest BCUT2D eigenvalue weighted by Gasteiger charge is -2.41. The summed E-state index contributed by atoms with van der Waals surface area (Å²) in [5.41, 5.74) is 0.636. The first kappa shape index (κ1) is 18.8. The van der Waals surface area contributed by atoms with Crippen molar-refractivity contribution < 1.29 is 9.90 Å². The van der Waals surface area contributed by atoms with Crippen LogP contribution >= 0.6 is 11.3 Å². The summed E-state index contributed by atoms with van der Waals surface area (Å²) in [6, 6.07) is 8.10. The molecule has 1 atom stereocenters. The van der Waals surface area contributed by atoms with Crippen molar-refractivity contribution in [2.45, 2.75) is 25.9 Å². The number of rotatable bonds is 7. The van der Waals surface area contributed by atoms with Crippen LogP contribution in [0.25, 0.3) is 0 Å². The molecule has 7 heteroatoms. The van der Waals surface area contributed by atoms with Gasteiger partial charge in [0.2, 0.25) is 0 Å². The number of aliphatic hydroxyl groups excluding tert-OH is 1. The molecule has 1 aliphatic rings. The largest absolute Gasteiger partial charge is 0.396 e. The van der Waals surface area contributed by atoms with Crippen LogP contribution in [-0.4, -0.2) is 59.7 Å². The second kappa shape index (κ2) is 9.12. The fourth-order valence-corrected chi connectivity index (χ4v) is 4.06. The molecule has 0 saturated carbocycles. The fourth-order valence-electron chi connectivity index (χ4n) is 3.33. The van der Waals surface area contributed by atoms with E-state index in [4.69, 9.17) is 0 Å². The molecule has 0 aliphatic carbocycles. The third-order valence-electron chi connectivity index (χ3n) is 4.68. The van der Waals surface area contributed by atoms with Gasteiger partial charge in [0, 0.05) is 62.0 Å². The van der Waals surface area contributed by atoms with Gasteiger partial charge in [0.05, 0.1) is 0 Å². The van der Waals surface area contributed by atoms with E-state index in [2.05, 4.69) is 37.6 Å². The lowest BCUT2D eigenvalue weighted by Crippen LogP contribution is -2.53. The van der Waals surface area contributed by atoms with Crippen LogP contribution < -0.4 is 10.2 Å². The number of aliphatic hydroxyl groups is 1. The van der Waals surface area contributed by atoms with Gasteiger partial charge in [-0.1, -0.05) is 6.07 Å². The lowest BCUT2D eigenvalue weighted by molar-refractivity contribution is 0.0955. The maximum absolute atomic E-state index is 12.1. The van der Waals surface area contributed by atoms with Crippen molar-refractivity contribution in [3.8, 4) is 0 Å². The van der Waals surface area contributed by atoms with Gasteiger partial charge in [-0.2, -0.15) is 0 Å². The highest BCUT2D eigenvalue weighted by Gasteiger charge is 2.27. The maximum atomic E-state index is 12.1. The van der Waals surface area contributed by atoms with E-state index in [0.717, 1.165) is 38.4 Å². The van der Waals surface area contributed by atoms with Gasteiger partial charge in [0.25, 0.3) is 5.91 Å². The molecule has 6 nitrogen and oxygen atoms in total. The third-order valence-corrected chi connectivity index (χ3v) is 5.54. The summed E-state index contributed by atoms with van der Waals surface area (Å²) < 4.78 is 0. The molecule has 0 radical (unpaired) electrons. The van der Waals surface area contributed by atoms with Gasteiger partial charge in [0.15, 0.2) is 0 Å². The van der Waals surface area contributed by atoms with Crippen LogP contribution in [0.4, 0.5) is 5.82 Å². The van der Waals surface area contributed by atoms with E-state index in [-0.39, 0.29) is 18.6 Å². The molecule has 1 amide bonds. The normalized spacial score (nSPS) is 18.1. The van der Waals surface area contributed by atoms with Crippen LogP contribution in [0.3, 0.4) is 0 Å². The minimum atomic E-state index is -0.0700. The number of hydrogen-bond acceptors (Lipinski definition) is 6. The van der Waals surface area contributed by atoms with E-state index in [1.165, 1.54) is 4.88 Å². The Balaban J connectivity index is 1.70. The topological polar surface area (TPSA) is 68.7 Å². The summed E-state index contributed by atoms with van der Waals surface area (Å²) >= 11 is 1.77. The second-order valence-electron chi connectivity index (χ2n) is 6.42. The number of amides is 1. The Morgan fingerprint density at radius 1 is 1.42 bits per heavy atom. The van der Waals surface area contributed by atoms with Crippen molar-refractivity contribution in [2.24, 2.45) is 0 Å². The molecule has 26 heavy (non-hydrogen) atoms. The fraction of sp³-hybridized carbons (Fsp3) is 0.474. The van der Waals surface area contributed by atoms with Crippen LogP contribution in [0, 0.1) is 0 Å². The molecule has 3 heterocycles. The number of anilines is 1. The number of aromatic nitrogens is 1. The summed E-state index contributed by atoms with van der Waals surface area (Å²) in [6.45, 7) is 6.18. The van der Waals surface area contributed by atoms with Crippen LogP contribution in [-0.2, 0) is 6.54 Å². The van der Waals surface area contributed by atoms with E-state index in [0.29, 0.717) is 12.1 Å². The molecule has 1 fully saturated rings. The predicted molar refractivity (Wildman–Crippen MR) is 105 cm³/mol. The molecular weight excluding hydrogens is 348 g/mol. The molecule has 0 unspecified atom stereocenters. The molecule has 3 rings (SSSR count). The van der Waals surface area contributed by atoms with Gasteiger partial charge in [-0.05, 0) is 36.9 Å². The number of hydrogen-bond donors (Lipinski definition) is 2. The zero-order chi connectivity index (χ0) is 18.4. The summed E-state index contributed by atoms with van der Waals surface area (Å²) in [5, 5.41) is 14.4. The molecule has 2 aromatic rings. The molecule has 140 valence electrons. The Labute approximate surface area is 158 Å². The molecule has 0 aromatic carbocycles. The first-order valence-corrected chi connectivity index (χ1v) is 9.95. The summed E-state index contributed by atoms with van der Waals surface area (Å²) in [5.74, 6) is 0.756. The SMILES string of the molecule is CCNC(=O)c1ccnc(N2CCN(Cc3cccs3)[C@H](CCO)C2)c1. The minimum Gasteiger partial charge on any atom is -0.396 e. The van der Waals surface area contributed by atoms with Crippen molar-refractivity contribution in [1.82, 2.24) is 15.2 Å². The van der Waals surface area contributed by atoms with E-state index in [1.807, 2.05) is 13.0 Å². The van der Waals surface area contributed by atoms with Gasteiger partial charge >= 0.3 is 0 Å². The predicted octanol–water partition coefficient (Wildman–Crippen LogP) is 1.97. The number of thiophene rings is 1. The Bertz CT molecular complexity index is 707. The van der Waals surface area contributed by atoms with Crippen molar-refractivity contribution in [1.29, 1.82) is 0 Å². The average molecular weight is 375 g/mol. The second-order valence-corrected chi connectivity index (χ2v) is 7.46. The van der Waals surface area contributed by atoms with E-state index >= 15 is 0 Å². The lowest BCUT2D eigenvalue weighted by atomic mass is 10.1. The third kappa shape index (κ3) is 4.60. The Kier molecular flexibility index (Phi) is 6.60. The highest BCUT2D eigenvalue weighted by atomic mass is 32.1. The van der Waals surface area contributed by atoms with Gasteiger partial charge in [-0.15, -0.1) is 11.3 Å². The average Bonchev–Trinajstić information content (AvgIpc) is 3.17. The first-order chi connectivity index (χ1) is 12.7. The molecule has 1 saturated heterocycles. The maximum Gasteiger partial charge on any atom is 0.251 e. The van der Waals surface area contributed by atoms with Gasteiger partial charge < -0.3 is 15.3 Å². The van der Waals surface area contributed by atoms with Gasteiger partial charge in [-0.3, -0.25) is 9.69 Å². The zero-order valence-electron chi connectivity index (χ0n) is 15.1. The molecule has 2 aromatic heterocycles. The van der Waals surface area contributed by atoms with Gasteiger partial charge in [0.1, 0.15) is 5.82 Å². The van der Waals surface area contributed by atoms with E-state index in [1.54, 1.807) is 23.6 Å². The molecular formula is C19H26N4O2S. The number of pyridine rings is 1. The first-order valence-electron chi connectivity index (χ1n) is 9.07. The monoisotopic (exact) mass is 374 g/mol. The number of piperazine rings is 1. The standard InChI is InChI=1S/C19H26N4O2S/c1-2-20-19(25)15-5-7-21-18(12-15)23-9-8-22(16(13-23)6-10-24)14-17-4-3-11-26-17/h3-5,7,11-12,16,24H,2,6,8-10,13-14H2,1H3,(H,20,25)/t16-/m1/s1. The van der Waals surface area contributed by atoms with Crippen LogP contribution in [0.15, 0.2) is 35.8 Å². The van der Waals surface area contributed by atoms with Crippen LogP contribution in [0.5, 0.6) is 0 Å². The van der Waals surface area contributed by atoms with Crippen molar-refractivity contribution in [3.63, 3.8) is 0 Å².